The SMILES string of the molecule is CC[N+](CF)(c1ccccc1)c1ccccc1. The molecule has 2 heteroatoms. The molecule has 0 fully saturated rings. The largest absolute Gasteiger partial charge is 0.233 e. The molecule has 17 heavy (non-hydrogen) atoms. The van der Waals surface area contributed by atoms with Crippen LogP contribution in [-0.2, 0) is 0 Å². The molecule has 0 aromatic heterocycles. The molecule has 0 saturated heterocycles. The Morgan fingerprint density at radius 2 is 1.24 bits per heavy atom. The fraction of sp³-hybridized carbons (Fsp3) is 0.200. The van der Waals surface area contributed by atoms with Crippen LogP contribution in [0, 0.1) is 0 Å². The molecule has 0 saturated carbocycles. The second kappa shape index (κ2) is 5.11. The van der Waals surface area contributed by atoms with E-state index in [0.717, 1.165) is 11.4 Å². The van der Waals surface area contributed by atoms with Crippen LogP contribution in [0.3, 0.4) is 0 Å². The number of benzene rings is 2. The molecular formula is C15H17FN+. The summed E-state index contributed by atoms with van der Waals surface area (Å²) in [6.07, 6.45) is 0. The molecule has 1 nitrogen and oxygen atoms in total. The second-order valence-electron chi connectivity index (χ2n) is 4.07. The Bertz CT molecular complexity index is 407. The zero-order valence-corrected chi connectivity index (χ0v) is 10.0. The van der Waals surface area contributed by atoms with Crippen molar-refractivity contribution in [3.8, 4) is 0 Å². The van der Waals surface area contributed by atoms with Crippen LogP contribution in [0.1, 0.15) is 6.92 Å². The first kappa shape index (κ1) is 11.8. The highest BCUT2D eigenvalue weighted by molar-refractivity contribution is 5.57. The highest BCUT2D eigenvalue weighted by atomic mass is 19.1. The van der Waals surface area contributed by atoms with Gasteiger partial charge in [0.05, 0.1) is 6.54 Å². The lowest BCUT2D eigenvalue weighted by Gasteiger charge is -2.33. The molecule has 0 aliphatic rings. The van der Waals surface area contributed by atoms with Crippen molar-refractivity contribution in [2.75, 3.05) is 13.3 Å². The highest BCUT2D eigenvalue weighted by Gasteiger charge is 2.30. The van der Waals surface area contributed by atoms with E-state index in [4.69, 9.17) is 0 Å². The Balaban J connectivity index is 2.54. The smallest absolute Gasteiger partial charge is 0.231 e. The maximum atomic E-state index is 13.7. The molecule has 2 aromatic carbocycles. The molecular weight excluding hydrogens is 213 g/mol. The first-order valence-corrected chi connectivity index (χ1v) is 5.88. The van der Waals surface area contributed by atoms with E-state index < -0.39 is 6.80 Å². The monoisotopic (exact) mass is 230 g/mol. The maximum Gasteiger partial charge on any atom is 0.231 e. The van der Waals surface area contributed by atoms with Crippen molar-refractivity contribution in [2.45, 2.75) is 6.92 Å². The number of hydrogen-bond acceptors (Lipinski definition) is 0. The summed E-state index contributed by atoms with van der Waals surface area (Å²) in [5.74, 6) is 0. The average molecular weight is 230 g/mol. The van der Waals surface area contributed by atoms with Crippen molar-refractivity contribution < 1.29 is 4.39 Å². The quantitative estimate of drug-likeness (QED) is 0.543. The first-order chi connectivity index (χ1) is 8.33. The third kappa shape index (κ3) is 2.08. The van der Waals surface area contributed by atoms with Crippen LogP contribution in [0.4, 0.5) is 15.8 Å². The summed E-state index contributed by atoms with van der Waals surface area (Å²) in [6, 6.07) is 19.7. The van der Waals surface area contributed by atoms with Crippen LogP contribution >= 0.6 is 0 Å². The zero-order valence-electron chi connectivity index (χ0n) is 10.0. The molecule has 0 amide bonds. The molecule has 0 radical (unpaired) electrons. The number of alkyl halides is 1. The first-order valence-electron chi connectivity index (χ1n) is 5.88. The van der Waals surface area contributed by atoms with Crippen LogP contribution in [0.15, 0.2) is 60.7 Å². The molecule has 88 valence electrons. The lowest BCUT2D eigenvalue weighted by Crippen LogP contribution is -2.43. The van der Waals surface area contributed by atoms with Crippen molar-refractivity contribution in [3.05, 3.63) is 60.7 Å². The van der Waals surface area contributed by atoms with Gasteiger partial charge in [0.1, 0.15) is 11.4 Å². The molecule has 0 bridgehead atoms. The van der Waals surface area contributed by atoms with Gasteiger partial charge in [-0.3, -0.25) is 0 Å². The van der Waals surface area contributed by atoms with Gasteiger partial charge < -0.3 is 0 Å². The second-order valence-corrected chi connectivity index (χ2v) is 4.07. The van der Waals surface area contributed by atoms with E-state index in [1.807, 2.05) is 67.6 Å². The van der Waals surface area contributed by atoms with Crippen LogP contribution in [0.2, 0.25) is 0 Å². The number of halogens is 1. The van der Waals surface area contributed by atoms with Gasteiger partial charge >= 0.3 is 0 Å². The van der Waals surface area contributed by atoms with Gasteiger partial charge in [0.25, 0.3) is 0 Å². The van der Waals surface area contributed by atoms with E-state index in [2.05, 4.69) is 0 Å². The minimum atomic E-state index is -0.426. The topological polar surface area (TPSA) is 0 Å². The van der Waals surface area contributed by atoms with Crippen molar-refractivity contribution in [2.24, 2.45) is 0 Å². The molecule has 0 unspecified atom stereocenters. The van der Waals surface area contributed by atoms with E-state index >= 15 is 0 Å². The normalized spacial score (nSPS) is 11.4. The van der Waals surface area contributed by atoms with Gasteiger partial charge in [-0.15, -0.1) is 0 Å². The highest BCUT2D eigenvalue weighted by Crippen LogP contribution is 2.33. The molecule has 2 aromatic rings. The third-order valence-electron chi connectivity index (χ3n) is 3.24. The summed E-state index contributed by atoms with van der Waals surface area (Å²) in [4.78, 5) is 0. The zero-order chi connectivity index (χ0) is 12.1. The Labute approximate surface area is 102 Å². The fourth-order valence-electron chi connectivity index (χ4n) is 2.16. The molecule has 0 atom stereocenters. The Kier molecular flexibility index (Phi) is 3.55. The molecule has 0 heterocycles. The standard InChI is InChI=1S/C15H17FN/c1-2-17(13-16,14-9-5-3-6-10-14)15-11-7-4-8-12-15/h3-12H,2,13H2,1H3/q+1. The van der Waals surface area contributed by atoms with E-state index in [1.165, 1.54) is 0 Å². The summed E-state index contributed by atoms with van der Waals surface area (Å²) in [7, 11) is 0. The minimum absolute atomic E-state index is 0.252. The number of hydrogen-bond donors (Lipinski definition) is 0. The summed E-state index contributed by atoms with van der Waals surface area (Å²) < 4.78 is 13.9. The number of quaternary nitrogens is 1. The summed E-state index contributed by atoms with van der Waals surface area (Å²) in [5.41, 5.74) is 1.98. The van der Waals surface area contributed by atoms with E-state index in [-0.39, 0.29) is 4.48 Å². The van der Waals surface area contributed by atoms with Gasteiger partial charge in [0.15, 0.2) is 0 Å². The molecule has 0 aliphatic carbocycles. The van der Waals surface area contributed by atoms with Gasteiger partial charge in [0.2, 0.25) is 6.80 Å². The molecule has 0 aliphatic heterocycles. The summed E-state index contributed by atoms with van der Waals surface area (Å²) >= 11 is 0. The van der Waals surface area contributed by atoms with Crippen LogP contribution in [0.5, 0.6) is 0 Å². The van der Waals surface area contributed by atoms with E-state index in [9.17, 15) is 4.39 Å². The van der Waals surface area contributed by atoms with Crippen molar-refractivity contribution in [1.29, 1.82) is 0 Å². The third-order valence-corrected chi connectivity index (χ3v) is 3.24. The van der Waals surface area contributed by atoms with Crippen molar-refractivity contribution >= 4 is 11.4 Å². The minimum Gasteiger partial charge on any atom is -0.233 e. The Morgan fingerprint density at radius 3 is 1.53 bits per heavy atom. The predicted molar refractivity (Wildman–Crippen MR) is 70.9 cm³/mol. The summed E-state index contributed by atoms with van der Waals surface area (Å²) in [5, 5.41) is 0. The maximum absolute atomic E-state index is 13.7. The molecule has 0 spiro atoms. The predicted octanol–water partition coefficient (Wildman–Crippen LogP) is 4.27. The number of rotatable bonds is 4. The van der Waals surface area contributed by atoms with Gasteiger partial charge in [-0.1, -0.05) is 36.4 Å². The van der Waals surface area contributed by atoms with Crippen LogP contribution < -0.4 is 4.48 Å². The Morgan fingerprint density at radius 1 is 0.824 bits per heavy atom. The van der Waals surface area contributed by atoms with Gasteiger partial charge in [-0.05, 0) is 31.2 Å². The molecule has 0 N–H and O–H groups in total. The van der Waals surface area contributed by atoms with E-state index in [1.54, 1.807) is 0 Å². The van der Waals surface area contributed by atoms with Gasteiger partial charge in [0, 0.05) is 0 Å². The average Bonchev–Trinajstić information content (AvgIpc) is 2.43. The van der Waals surface area contributed by atoms with Gasteiger partial charge in [-0.2, -0.15) is 4.39 Å². The molecule has 2 rings (SSSR count). The van der Waals surface area contributed by atoms with Crippen molar-refractivity contribution in [1.82, 2.24) is 4.48 Å². The van der Waals surface area contributed by atoms with Crippen molar-refractivity contribution in [3.63, 3.8) is 0 Å². The van der Waals surface area contributed by atoms with Crippen LogP contribution in [-0.4, -0.2) is 13.3 Å². The van der Waals surface area contributed by atoms with Gasteiger partial charge in [-0.25, -0.2) is 4.48 Å². The Hall–Kier alpha value is -1.67. The number of para-hydroxylation sites is 2. The van der Waals surface area contributed by atoms with Crippen LogP contribution in [0.25, 0.3) is 0 Å². The lowest BCUT2D eigenvalue weighted by atomic mass is 10.2. The number of nitrogens with zero attached hydrogens (tertiary/aromatic N) is 1. The lowest BCUT2D eigenvalue weighted by molar-refractivity contribution is 0.270. The fourth-order valence-corrected chi connectivity index (χ4v) is 2.16. The van der Waals surface area contributed by atoms with E-state index in [0.29, 0.717) is 6.54 Å². The summed E-state index contributed by atoms with van der Waals surface area (Å²) in [6.45, 7) is 2.29.